The van der Waals surface area contributed by atoms with Gasteiger partial charge in [0, 0.05) is 18.8 Å². The van der Waals surface area contributed by atoms with Gasteiger partial charge >= 0.3 is 5.97 Å². The van der Waals surface area contributed by atoms with Crippen molar-refractivity contribution in [2.75, 3.05) is 5.32 Å². The van der Waals surface area contributed by atoms with Crippen molar-refractivity contribution in [1.82, 2.24) is 4.90 Å². The number of hydrogen-bond acceptors (Lipinski definition) is 4. The van der Waals surface area contributed by atoms with Gasteiger partial charge in [0.25, 0.3) is 5.91 Å². The molecule has 1 aliphatic rings. The first-order valence-electron chi connectivity index (χ1n) is 9.48. The van der Waals surface area contributed by atoms with Gasteiger partial charge in [-0.25, -0.2) is 0 Å². The predicted molar refractivity (Wildman–Crippen MR) is 111 cm³/mol. The zero-order chi connectivity index (χ0) is 21.0. The summed E-state index contributed by atoms with van der Waals surface area (Å²) in [5.74, 6) is -1.12. The third-order valence-corrected chi connectivity index (χ3v) is 4.83. The zero-order valence-corrected chi connectivity index (χ0v) is 16.7. The highest BCUT2D eigenvalue weighted by atomic mass is 16.5. The maximum Gasteiger partial charge on any atom is 0.309 e. The Balaban J connectivity index is 1.65. The van der Waals surface area contributed by atoms with E-state index in [4.69, 9.17) is 4.74 Å². The molecular formula is C23H24N2O4. The van der Waals surface area contributed by atoms with Crippen molar-refractivity contribution in [2.45, 2.75) is 39.3 Å². The Hall–Kier alpha value is -3.41. The number of ether oxygens (including phenoxy) is 1. The average molecular weight is 392 g/mol. The van der Waals surface area contributed by atoms with E-state index in [1.807, 2.05) is 49.4 Å². The van der Waals surface area contributed by atoms with Crippen molar-refractivity contribution in [3.8, 4) is 0 Å². The number of aryl methyl sites for hydroxylation is 1. The number of rotatable bonds is 5. The zero-order valence-electron chi connectivity index (χ0n) is 16.7. The lowest BCUT2D eigenvalue weighted by molar-refractivity contribution is -0.154. The van der Waals surface area contributed by atoms with Crippen molar-refractivity contribution in [2.24, 2.45) is 0 Å². The maximum absolute atomic E-state index is 12.5. The van der Waals surface area contributed by atoms with Crippen molar-refractivity contribution in [3.63, 3.8) is 0 Å². The van der Waals surface area contributed by atoms with Gasteiger partial charge in [-0.1, -0.05) is 42.0 Å². The summed E-state index contributed by atoms with van der Waals surface area (Å²) in [5, 5.41) is 2.73. The van der Waals surface area contributed by atoms with Crippen molar-refractivity contribution in [1.29, 1.82) is 0 Å². The van der Waals surface area contributed by atoms with Crippen LogP contribution >= 0.6 is 0 Å². The van der Waals surface area contributed by atoms with Gasteiger partial charge in [-0.15, -0.1) is 0 Å². The van der Waals surface area contributed by atoms with Gasteiger partial charge in [0.15, 0.2) is 6.10 Å². The number of carbonyl (C=O) groups is 3. The normalized spacial score (nSPS) is 16.0. The van der Waals surface area contributed by atoms with Crippen molar-refractivity contribution in [3.05, 3.63) is 71.4 Å². The van der Waals surface area contributed by atoms with Crippen LogP contribution in [0.5, 0.6) is 0 Å². The Bertz CT molecular complexity index is 950. The third-order valence-electron chi connectivity index (χ3n) is 4.83. The van der Waals surface area contributed by atoms with E-state index >= 15 is 0 Å². The molecule has 0 spiro atoms. The fraction of sp³-hybridized carbons (Fsp3) is 0.261. The summed E-state index contributed by atoms with van der Waals surface area (Å²) in [6.45, 7) is 4.94. The summed E-state index contributed by atoms with van der Waals surface area (Å²) < 4.78 is 5.34. The molecule has 1 heterocycles. The molecule has 3 rings (SSSR count). The Morgan fingerprint density at radius 1 is 1.10 bits per heavy atom. The van der Waals surface area contributed by atoms with Crippen LogP contribution in [0.25, 0.3) is 6.08 Å². The minimum absolute atomic E-state index is 0.0386. The monoisotopic (exact) mass is 392 g/mol. The summed E-state index contributed by atoms with van der Waals surface area (Å²) in [4.78, 5) is 38.4. The lowest BCUT2D eigenvalue weighted by atomic mass is 9.94. The molecule has 0 bridgehead atoms. The molecule has 1 N–H and O–H groups in total. The Labute approximate surface area is 170 Å². The molecule has 0 radical (unpaired) electrons. The third kappa shape index (κ3) is 4.90. The molecule has 0 aromatic heterocycles. The highest BCUT2D eigenvalue weighted by molar-refractivity contribution is 5.95. The van der Waals surface area contributed by atoms with Crippen LogP contribution in [0, 0.1) is 6.92 Å². The number of hydrogen-bond donors (Lipinski definition) is 1. The molecule has 6 heteroatoms. The second kappa shape index (κ2) is 8.73. The van der Waals surface area contributed by atoms with Crippen LogP contribution in [0.4, 0.5) is 5.69 Å². The van der Waals surface area contributed by atoms with E-state index in [1.165, 1.54) is 18.7 Å². The van der Waals surface area contributed by atoms with E-state index in [0.717, 1.165) is 16.7 Å². The summed E-state index contributed by atoms with van der Waals surface area (Å²) in [7, 11) is 0. The SMILES string of the molecule is CC(=O)N1C=Cc2ccccc2C1CC(=O)OC(C)C(=O)Nc1ccc(C)cc1. The van der Waals surface area contributed by atoms with Gasteiger partial charge in [-0.05, 0) is 43.2 Å². The number of fused-ring (bicyclic) bond motifs is 1. The molecular weight excluding hydrogens is 368 g/mol. The summed E-state index contributed by atoms with van der Waals surface area (Å²) in [6, 6.07) is 14.5. The van der Waals surface area contributed by atoms with Crippen molar-refractivity contribution >= 4 is 29.5 Å². The minimum Gasteiger partial charge on any atom is -0.452 e. The van der Waals surface area contributed by atoms with Crippen LogP contribution in [-0.4, -0.2) is 28.8 Å². The minimum atomic E-state index is -0.955. The fourth-order valence-corrected chi connectivity index (χ4v) is 3.25. The predicted octanol–water partition coefficient (Wildman–Crippen LogP) is 3.83. The van der Waals surface area contributed by atoms with E-state index in [1.54, 1.807) is 18.3 Å². The second-order valence-electron chi connectivity index (χ2n) is 7.08. The molecule has 0 saturated carbocycles. The van der Waals surface area contributed by atoms with E-state index in [2.05, 4.69) is 5.32 Å². The molecule has 0 fully saturated rings. The molecule has 0 aliphatic carbocycles. The molecule has 150 valence electrons. The second-order valence-corrected chi connectivity index (χ2v) is 7.08. The van der Waals surface area contributed by atoms with Gasteiger partial charge in [-0.2, -0.15) is 0 Å². The molecule has 1 aliphatic heterocycles. The molecule has 0 saturated heterocycles. The molecule has 2 amide bonds. The van der Waals surface area contributed by atoms with E-state index in [9.17, 15) is 14.4 Å². The largest absolute Gasteiger partial charge is 0.452 e. The first-order valence-corrected chi connectivity index (χ1v) is 9.48. The Kier molecular flexibility index (Phi) is 6.12. The number of nitrogens with one attached hydrogen (secondary N) is 1. The topological polar surface area (TPSA) is 75.7 Å². The highest BCUT2D eigenvalue weighted by Crippen LogP contribution is 2.33. The maximum atomic E-state index is 12.5. The molecule has 2 aromatic rings. The van der Waals surface area contributed by atoms with Crippen LogP contribution in [0.15, 0.2) is 54.7 Å². The summed E-state index contributed by atoms with van der Waals surface area (Å²) in [6.07, 6.45) is 2.53. The van der Waals surface area contributed by atoms with Gasteiger partial charge < -0.3 is 15.0 Å². The molecule has 2 atom stereocenters. The number of benzene rings is 2. The fourth-order valence-electron chi connectivity index (χ4n) is 3.25. The molecule has 6 nitrogen and oxygen atoms in total. The highest BCUT2D eigenvalue weighted by Gasteiger charge is 2.30. The lowest BCUT2D eigenvalue weighted by Gasteiger charge is -2.32. The summed E-state index contributed by atoms with van der Waals surface area (Å²) >= 11 is 0. The number of carbonyl (C=O) groups excluding carboxylic acids is 3. The van der Waals surface area contributed by atoms with Gasteiger partial charge in [0.05, 0.1) is 12.5 Å². The molecule has 2 aromatic carbocycles. The van der Waals surface area contributed by atoms with Crippen LogP contribution in [0.3, 0.4) is 0 Å². The van der Waals surface area contributed by atoms with Gasteiger partial charge in [-0.3, -0.25) is 14.4 Å². The van der Waals surface area contributed by atoms with Gasteiger partial charge in [0.1, 0.15) is 0 Å². The Morgan fingerprint density at radius 2 is 1.79 bits per heavy atom. The number of amides is 2. The standard InChI is InChI=1S/C23H24N2O4/c1-15-8-10-19(11-9-15)24-23(28)16(2)29-22(27)14-21-20-7-5-4-6-18(20)12-13-25(21)17(3)26/h4-13,16,21H,14H2,1-3H3,(H,24,28). The number of anilines is 1. The smallest absolute Gasteiger partial charge is 0.309 e. The molecule has 2 unspecified atom stereocenters. The number of esters is 1. The molecule has 29 heavy (non-hydrogen) atoms. The number of nitrogens with zero attached hydrogens (tertiary/aromatic N) is 1. The van der Waals surface area contributed by atoms with Crippen LogP contribution in [-0.2, 0) is 19.1 Å². The quantitative estimate of drug-likeness (QED) is 0.785. The van der Waals surface area contributed by atoms with Crippen LogP contribution in [0.1, 0.15) is 43.0 Å². The first kappa shape index (κ1) is 20.3. The first-order chi connectivity index (χ1) is 13.8. The van der Waals surface area contributed by atoms with E-state index < -0.39 is 24.0 Å². The Morgan fingerprint density at radius 3 is 2.48 bits per heavy atom. The van der Waals surface area contributed by atoms with Gasteiger partial charge in [0.2, 0.25) is 5.91 Å². The lowest BCUT2D eigenvalue weighted by Crippen LogP contribution is -2.34. The van der Waals surface area contributed by atoms with Crippen LogP contribution in [0.2, 0.25) is 0 Å². The summed E-state index contributed by atoms with van der Waals surface area (Å²) in [5.41, 5.74) is 3.55. The average Bonchev–Trinajstić information content (AvgIpc) is 2.69. The van der Waals surface area contributed by atoms with E-state index in [-0.39, 0.29) is 12.3 Å². The van der Waals surface area contributed by atoms with E-state index in [0.29, 0.717) is 5.69 Å². The van der Waals surface area contributed by atoms with Crippen molar-refractivity contribution < 1.29 is 19.1 Å². The van der Waals surface area contributed by atoms with Crippen LogP contribution < -0.4 is 5.32 Å².